The number of nitrogens with zero attached hydrogens (tertiary/aromatic N) is 1. The quantitative estimate of drug-likeness (QED) is 0.646. The Morgan fingerprint density at radius 3 is 2.39 bits per heavy atom. The Bertz CT molecular complexity index is 1410. The van der Waals surface area contributed by atoms with Crippen molar-refractivity contribution in [2.75, 3.05) is 11.0 Å². The number of fused-ring (bicyclic) bond motifs is 2. The highest BCUT2D eigenvalue weighted by Gasteiger charge is 2.32. The van der Waals surface area contributed by atoms with Gasteiger partial charge in [-0.3, -0.25) is 9.52 Å². The lowest BCUT2D eigenvalue weighted by molar-refractivity contribution is 0.195. The zero-order valence-corrected chi connectivity index (χ0v) is 17.9. The van der Waals surface area contributed by atoms with E-state index in [4.69, 9.17) is 4.74 Å². The molecular weight excluding hydrogens is 426 g/mol. The minimum atomic E-state index is -3.68. The minimum absolute atomic E-state index is 0.0516. The van der Waals surface area contributed by atoms with E-state index in [0.717, 1.165) is 6.26 Å². The molecule has 3 aromatic rings. The first-order valence-electron chi connectivity index (χ1n) is 9.57. The fourth-order valence-electron chi connectivity index (χ4n) is 3.75. The fraction of sp³-hybridized carbons (Fsp3) is 0.227. The molecule has 162 valence electrons. The Morgan fingerprint density at radius 2 is 1.74 bits per heavy atom. The molecule has 1 N–H and O–H groups in total. The largest absolute Gasteiger partial charge is 0.482 e. The molecule has 1 aromatic heterocycles. The molecule has 9 heteroatoms. The highest BCUT2D eigenvalue weighted by Crippen LogP contribution is 2.47. The van der Waals surface area contributed by atoms with Crippen LogP contribution < -0.4 is 15.0 Å². The SMILES string of the molecule is CCC1Oc2c(cc(NS(C)(=O)=O)cc2-c2cn(C)c(=O)c3ccccc23)C(F)=C1F. The van der Waals surface area contributed by atoms with E-state index in [9.17, 15) is 22.0 Å². The monoisotopic (exact) mass is 446 g/mol. The lowest BCUT2D eigenvalue weighted by Crippen LogP contribution is -2.22. The van der Waals surface area contributed by atoms with Crippen LogP contribution in [0.1, 0.15) is 18.9 Å². The van der Waals surface area contributed by atoms with Crippen LogP contribution in [0.3, 0.4) is 0 Å². The highest BCUT2D eigenvalue weighted by atomic mass is 32.2. The van der Waals surface area contributed by atoms with Gasteiger partial charge in [-0.05, 0) is 30.0 Å². The van der Waals surface area contributed by atoms with Gasteiger partial charge in [-0.25, -0.2) is 17.2 Å². The van der Waals surface area contributed by atoms with Crippen molar-refractivity contribution in [3.05, 3.63) is 64.3 Å². The third-order valence-corrected chi connectivity index (χ3v) is 5.74. The topological polar surface area (TPSA) is 77.4 Å². The standard InChI is InChI=1S/C22H20F2N2O4S/c1-4-18-20(24)19(23)16-10-12(25-31(3,28)29)9-15(21(16)30-18)17-11-26(2)22(27)14-8-6-5-7-13(14)17/h5-11,18,25H,4H2,1-3H3. The Balaban J connectivity index is 2.10. The summed E-state index contributed by atoms with van der Waals surface area (Å²) in [5.74, 6) is -2.04. The van der Waals surface area contributed by atoms with E-state index < -0.39 is 27.8 Å². The molecule has 1 unspecified atom stereocenters. The summed E-state index contributed by atoms with van der Waals surface area (Å²) >= 11 is 0. The number of ether oxygens (including phenoxy) is 1. The number of nitrogens with one attached hydrogen (secondary N) is 1. The van der Waals surface area contributed by atoms with Crippen LogP contribution in [0, 0.1) is 0 Å². The first kappa shape index (κ1) is 21.0. The Kier molecular flexibility index (Phi) is 5.09. The summed E-state index contributed by atoms with van der Waals surface area (Å²) < 4.78 is 62.6. The number of hydrogen-bond donors (Lipinski definition) is 1. The zero-order chi connectivity index (χ0) is 22.5. The van der Waals surface area contributed by atoms with Gasteiger partial charge in [0.2, 0.25) is 10.0 Å². The summed E-state index contributed by atoms with van der Waals surface area (Å²) in [5.41, 5.74) is 0.509. The van der Waals surface area contributed by atoms with Crippen LogP contribution in [0.5, 0.6) is 5.75 Å². The Hall–Kier alpha value is -3.20. The van der Waals surface area contributed by atoms with Crippen LogP contribution in [0.4, 0.5) is 14.5 Å². The van der Waals surface area contributed by atoms with E-state index in [1.807, 2.05) is 0 Å². The maximum absolute atomic E-state index is 15.0. The molecule has 2 heterocycles. The van der Waals surface area contributed by atoms with E-state index in [0.29, 0.717) is 21.9 Å². The summed E-state index contributed by atoms with van der Waals surface area (Å²) in [6.07, 6.45) is 1.64. The summed E-state index contributed by atoms with van der Waals surface area (Å²) in [5, 5.41) is 1.01. The molecule has 0 saturated heterocycles. The number of sulfonamides is 1. The minimum Gasteiger partial charge on any atom is -0.482 e. The van der Waals surface area contributed by atoms with Gasteiger partial charge >= 0.3 is 0 Å². The predicted octanol–water partition coefficient (Wildman–Crippen LogP) is 4.36. The van der Waals surface area contributed by atoms with E-state index in [1.54, 1.807) is 44.4 Å². The van der Waals surface area contributed by atoms with Crippen molar-refractivity contribution in [3.63, 3.8) is 0 Å². The first-order valence-corrected chi connectivity index (χ1v) is 11.5. The van der Waals surface area contributed by atoms with Crippen LogP contribution in [0.25, 0.3) is 27.7 Å². The van der Waals surface area contributed by atoms with Gasteiger partial charge in [0.15, 0.2) is 17.8 Å². The molecule has 1 atom stereocenters. The molecule has 0 radical (unpaired) electrons. The number of hydrogen-bond acceptors (Lipinski definition) is 4. The van der Waals surface area contributed by atoms with Gasteiger partial charge < -0.3 is 9.30 Å². The Morgan fingerprint density at radius 1 is 1.10 bits per heavy atom. The summed E-state index contributed by atoms with van der Waals surface area (Å²) in [4.78, 5) is 12.6. The molecule has 4 rings (SSSR count). The Labute approximate surface area is 177 Å². The summed E-state index contributed by atoms with van der Waals surface area (Å²) in [6, 6.07) is 9.59. The number of rotatable bonds is 4. The zero-order valence-electron chi connectivity index (χ0n) is 17.1. The predicted molar refractivity (Wildman–Crippen MR) is 117 cm³/mol. The molecule has 0 saturated carbocycles. The van der Waals surface area contributed by atoms with Crippen molar-refractivity contribution in [3.8, 4) is 16.9 Å². The molecule has 31 heavy (non-hydrogen) atoms. The number of pyridine rings is 1. The van der Waals surface area contributed by atoms with Crippen LogP contribution in [0.15, 0.2) is 53.2 Å². The number of halogens is 2. The molecule has 0 fully saturated rings. The first-order chi connectivity index (χ1) is 14.6. The van der Waals surface area contributed by atoms with E-state index in [2.05, 4.69) is 4.72 Å². The van der Waals surface area contributed by atoms with Crippen molar-refractivity contribution in [1.82, 2.24) is 4.57 Å². The van der Waals surface area contributed by atoms with Crippen molar-refractivity contribution < 1.29 is 21.9 Å². The summed E-state index contributed by atoms with van der Waals surface area (Å²) in [7, 11) is -2.10. The van der Waals surface area contributed by atoms with Gasteiger partial charge in [0, 0.05) is 29.8 Å². The van der Waals surface area contributed by atoms with Crippen LogP contribution in [0.2, 0.25) is 0 Å². The van der Waals surface area contributed by atoms with Crippen molar-refractivity contribution >= 4 is 32.3 Å². The second-order valence-corrected chi connectivity index (χ2v) is 9.20. The third-order valence-electron chi connectivity index (χ3n) is 5.13. The lowest BCUT2D eigenvalue weighted by Gasteiger charge is -2.27. The normalized spacial score (nSPS) is 16.2. The van der Waals surface area contributed by atoms with Gasteiger partial charge in [0.1, 0.15) is 5.75 Å². The smallest absolute Gasteiger partial charge is 0.258 e. The molecule has 1 aliphatic rings. The second kappa shape index (κ2) is 7.49. The number of anilines is 1. The van der Waals surface area contributed by atoms with E-state index in [1.165, 1.54) is 16.7 Å². The number of aromatic nitrogens is 1. The van der Waals surface area contributed by atoms with Gasteiger partial charge in [-0.2, -0.15) is 0 Å². The molecule has 0 spiro atoms. The van der Waals surface area contributed by atoms with E-state index in [-0.39, 0.29) is 29.0 Å². The van der Waals surface area contributed by atoms with E-state index >= 15 is 0 Å². The maximum atomic E-state index is 15.0. The molecular formula is C22H20F2N2O4S. The molecule has 0 aliphatic carbocycles. The summed E-state index contributed by atoms with van der Waals surface area (Å²) in [6.45, 7) is 1.67. The average Bonchev–Trinajstić information content (AvgIpc) is 2.72. The van der Waals surface area contributed by atoms with Gasteiger partial charge in [-0.15, -0.1) is 0 Å². The molecule has 6 nitrogen and oxygen atoms in total. The lowest BCUT2D eigenvalue weighted by atomic mass is 9.94. The van der Waals surface area contributed by atoms with Gasteiger partial charge in [0.05, 0.1) is 17.5 Å². The highest BCUT2D eigenvalue weighted by molar-refractivity contribution is 7.92. The van der Waals surface area contributed by atoms with Crippen molar-refractivity contribution in [2.24, 2.45) is 7.05 Å². The van der Waals surface area contributed by atoms with Crippen molar-refractivity contribution in [2.45, 2.75) is 19.4 Å². The van der Waals surface area contributed by atoms with Crippen molar-refractivity contribution in [1.29, 1.82) is 0 Å². The second-order valence-electron chi connectivity index (χ2n) is 7.46. The number of aryl methyl sites for hydroxylation is 1. The maximum Gasteiger partial charge on any atom is 0.258 e. The third kappa shape index (κ3) is 3.69. The van der Waals surface area contributed by atoms with Gasteiger partial charge in [0.25, 0.3) is 5.56 Å². The van der Waals surface area contributed by atoms with Crippen LogP contribution in [-0.4, -0.2) is 25.3 Å². The van der Waals surface area contributed by atoms with Crippen LogP contribution >= 0.6 is 0 Å². The fourth-order valence-corrected chi connectivity index (χ4v) is 4.30. The molecule has 0 bridgehead atoms. The number of benzene rings is 2. The van der Waals surface area contributed by atoms with Gasteiger partial charge in [-0.1, -0.05) is 25.1 Å². The molecule has 0 amide bonds. The molecule has 2 aromatic carbocycles. The van der Waals surface area contributed by atoms with Crippen LogP contribution in [-0.2, 0) is 17.1 Å². The average molecular weight is 446 g/mol. The molecule has 1 aliphatic heterocycles.